The van der Waals surface area contributed by atoms with Gasteiger partial charge in [0.25, 0.3) is 0 Å². The van der Waals surface area contributed by atoms with Crippen molar-refractivity contribution in [3.63, 3.8) is 0 Å². The third kappa shape index (κ3) is 2.42. The van der Waals surface area contributed by atoms with Crippen molar-refractivity contribution in [2.45, 2.75) is 5.92 Å². The van der Waals surface area contributed by atoms with Crippen molar-refractivity contribution in [1.29, 1.82) is 0 Å². The normalized spacial score (nSPS) is 16.7. The molecule has 92 valence electrons. The fourth-order valence-corrected chi connectivity index (χ4v) is 2.17. The monoisotopic (exact) mass is 241 g/mol. The first-order valence-corrected chi connectivity index (χ1v) is 6.09. The van der Waals surface area contributed by atoms with Gasteiger partial charge < -0.3 is 9.47 Å². The minimum atomic E-state index is 0.352. The summed E-state index contributed by atoms with van der Waals surface area (Å²) in [7, 11) is 0. The second-order valence-corrected chi connectivity index (χ2v) is 4.41. The number of pyridine rings is 1. The largest absolute Gasteiger partial charge is 0.355 e. The van der Waals surface area contributed by atoms with Gasteiger partial charge in [-0.15, -0.1) is 0 Å². The van der Waals surface area contributed by atoms with E-state index in [1.807, 2.05) is 24.5 Å². The minimum Gasteiger partial charge on any atom is -0.355 e. The van der Waals surface area contributed by atoms with Crippen LogP contribution in [0.15, 0.2) is 48.8 Å². The number of ether oxygens (including phenoxy) is 2. The Labute approximate surface area is 106 Å². The number of hydrogen-bond donors (Lipinski definition) is 0. The molecule has 0 bridgehead atoms. The van der Waals surface area contributed by atoms with Gasteiger partial charge in [0.05, 0.1) is 13.2 Å². The molecular weight excluding hydrogens is 226 g/mol. The summed E-state index contributed by atoms with van der Waals surface area (Å²) in [4.78, 5) is 4.03. The first-order valence-electron chi connectivity index (χ1n) is 6.09. The van der Waals surface area contributed by atoms with Gasteiger partial charge in [0.2, 0.25) is 0 Å². The third-order valence-electron chi connectivity index (χ3n) is 3.20. The maximum absolute atomic E-state index is 5.32. The number of aromatic nitrogens is 1. The molecular formula is C15H15NO2. The summed E-state index contributed by atoms with van der Waals surface area (Å²) in [6, 6.07) is 12.6. The standard InChI is InChI=1S/C15H15NO2/c1-3-13(15-9-17-11-18-10-15)4-2-12(1)14-5-7-16-8-6-14/h1-8,15H,9-11H2. The van der Waals surface area contributed by atoms with Crippen molar-refractivity contribution < 1.29 is 9.47 Å². The second-order valence-electron chi connectivity index (χ2n) is 4.41. The zero-order valence-electron chi connectivity index (χ0n) is 10.1. The van der Waals surface area contributed by atoms with Crippen molar-refractivity contribution in [2.75, 3.05) is 20.0 Å². The molecule has 1 aliphatic heterocycles. The first-order chi connectivity index (χ1) is 8.93. The molecule has 0 N–H and O–H groups in total. The van der Waals surface area contributed by atoms with Gasteiger partial charge in [-0.2, -0.15) is 0 Å². The van der Waals surface area contributed by atoms with Gasteiger partial charge in [-0.05, 0) is 28.8 Å². The number of rotatable bonds is 2. The van der Waals surface area contributed by atoms with Gasteiger partial charge in [-0.1, -0.05) is 24.3 Å². The van der Waals surface area contributed by atoms with E-state index in [4.69, 9.17) is 9.47 Å². The van der Waals surface area contributed by atoms with Gasteiger partial charge in [0.15, 0.2) is 0 Å². The highest BCUT2D eigenvalue weighted by atomic mass is 16.7. The van der Waals surface area contributed by atoms with Gasteiger partial charge >= 0.3 is 0 Å². The molecule has 0 spiro atoms. The van der Waals surface area contributed by atoms with Crippen molar-refractivity contribution in [2.24, 2.45) is 0 Å². The summed E-state index contributed by atoms with van der Waals surface area (Å²) < 4.78 is 10.6. The molecule has 0 saturated carbocycles. The van der Waals surface area contributed by atoms with E-state index in [1.165, 1.54) is 16.7 Å². The van der Waals surface area contributed by atoms with Crippen LogP contribution < -0.4 is 0 Å². The van der Waals surface area contributed by atoms with Crippen LogP contribution in [0, 0.1) is 0 Å². The Morgan fingerprint density at radius 2 is 1.44 bits per heavy atom. The van der Waals surface area contributed by atoms with Gasteiger partial charge in [-0.3, -0.25) is 4.98 Å². The van der Waals surface area contributed by atoms with Crippen molar-refractivity contribution in [3.8, 4) is 11.1 Å². The van der Waals surface area contributed by atoms with E-state index in [-0.39, 0.29) is 0 Å². The van der Waals surface area contributed by atoms with E-state index in [0.29, 0.717) is 12.7 Å². The van der Waals surface area contributed by atoms with Crippen LogP contribution >= 0.6 is 0 Å². The Hall–Kier alpha value is -1.71. The molecule has 0 aliphatic carbocycles. The van der Waals surface area contributed by atoms with Crippen LogP contribution in [0.4, 0.5) is 0 Å². The molecule has 1 aromatic heterocycles. The second kappa shape index (κ2) is 5.29. The highest BCUT2D eigenvalue weighted by molar-refractivity contribution is 5.63. The lowest BCUT2D eigenvalue weighted by molar-refractivity contribution is -0.108. The lowest BCUT2D eigenvalue weighted by Crippen LogP contribution is -2.22. The Morgan fingerprint density at radius 3 is 2.11 bits per heavy atom. The van der Waals surface area contributed by atoms with E-state index in [2.05, 4.69) is 29.2 Å². The summed E-state index contributed by atoms with van der Waals surface area (Å²) in [5.74, 6) is 0.352. The molecule has 18 heavy (non-hydrogen) atoms. The molecule has 2 aromatic rings. The van der Waals surface area contributed by atoms with Crippen LogP contribution in [0.2, 0.25) is 0 Å². The Balaban J connectivity index is 1.80. The fraction of sp³-hybridized carbons (Fsp3) is 0.267. The number of benzene rings is 1. The lowest BCUT2D eigenvalue weighted by Gasteiger charge is -2.22. The van der Waals surface area contributed by atoms with E-state index in [9.17, 15) is 0 Å². The van der Waals surface area contributed by atoms with E-state index < -0.39 is 0 Å². The van der Waals surface area contributed by atoms with Crippen molar-refractivity contribution >= 4 is 0 Å². The van der Waals surface area contributed by atoms with Gasteiger partial charge in [0, 0.05) is 18.3 Å². The predicted octanol–water partition coefficient (Wildman–Crippen LogP) is 2.84. The number of nitrogens with zero attached hydrogens (tertiary/aromatic N) is 1. The van der Waals surface area contributed by atoms with Crippen LogP contribution in [-0.2, 0) is 9.47 Å². The summed E-state index contributed by atoms with van der Waals surface area (Å²) in [6.45, 7) is 1.91. The smallest absolute Gasteiger partial charge is 0.146 e. The van der Waals surface area contributed by atoms with Crippen LogP contribution in [0.25, 0.3) is 11.1 Å². The topological polar surface area (TPSA) is 31.4 Å². The summed E-state index contributed by atoms with van der Waals surface area (Å²) in [6.07, 6.45) is 3.62. The van der Waals surface area contributed by atoms with Crippen molar-refractivity contribution in [3.05, 3.63) is 54.4 Å². The van der Waals surface area contributed by atoms with Crippen LogP contribution in [-0.4, -0.2) is 25.0 Å². The molecule has 3 heteroatoms. The molecule has 0 unspecified atom stereocenters. The van der Waals surface area contributed by atoms with Gasteiger partial charge in [-0.25, -0.2) is 0 Å². The van der Waals surface area contributed by atoms with Crippen LogP contribution in [0.3, 0.4) is 0 Å². The molecule has 3 rings (SSSR count). The maximum atomic E-state index is 5.32. The molecule has 1 aromatic carbocycles. The summed E-state index contributed by atoms with van der Waals surface area (Å²) in [5.41, 5.74) is 3.67. The average molecular weight is 241 g/mol. The fourth-order valence-electron chi connectivity index (χ4n) is 2.17. The molecule has 3 nitrogen and oxygen atoms in total. The maximum Gasteiger partial charge on any atom is 0.146 e. The Kier molecular flexibility index (Phi) is 3.35. The molecule has 0 radical (unpaired) electrons. The average Bonchev–Trinajstić information content (AvgIpc) is 2.49. The zero-order valence-corrected chi connectivity index (χ0v) is 10.1. The van der Waals surface area contributed by atoms with Crippen LogP contribution in [0.5, 0.6) is 0 Å². The summed E-state index contributed by atoms with van der Waals surface area (Å²) >= 11 is 0. The molecule has 1 saturated heterocycles. The molecule has 0 amide bonds. The highest BCUT2D eigenvalue weighted by Gasteiger charge is 2.16. The number of hydrogen-bond acceptors (Lipinski definition) is 3. The Morgan fingerprint density at radius 1 is 0.833 bits per heavy atom. The molecule has 1 aliphatic rings. The first kappa shape index (κ1) is 11.4. The highest BCUT2D eigenvalue weighted by Crippen LogP contribution is 2.24. The van der Waals surface area contributed by atoms with E-state index in [0.717, 1.165) is 13.2 Å². The van der Waals surface area contributed by atoms with Gasteiger partial charge in [0.1, 0.15) is 6.79 Å². The van der Waals surface area contributed by atoms with Crippen molar-refractivity contribution in [1.82, 2.24) is 4.98 Å². The predicted molar refractivity (Wildman–Crippen MR) is 69.2 cm³/mol. The molecule has 2 heterocycles. The SMILES string of the molecule is c1cc(-c2ccc(C3COCOC3)cc2)ccn1. The quantitative estimate of drug-likeness (QED) is 0.810. The molecule has 1 fully saturated rings. The van der Waals surface area contributed by atoms with E-state index in [1.54, 1.807) is 0 Å². The Bertz CT molecular complexity index is 490. The zero-order chi connectivity index (χ0) is 12.2. The van der Waals surface area contributed by atoms with E-state index >= 15 is 0 Å². The molecule has 0 atom stereocenters. The third-order valence-corrected chi connectivity index (χ3v) is 3.20. The summed E-state index contributed by atoms with van der Waals surface area (Å²) in [5, 5.41) is 0. The minimum absolute atomic E-state index is 0.352. The lowest BCUT2D eigenvalue weighted by atomic mass is 9.97. The van der Waals surface area contributed by atoms with Crippen LogP contribution in [0.1, 0.15) is 11.5 Å².